The number of rotatable bonds is 2. The van der Waals surface area contributed by atoms with Crippen LogP contribution in [0.2, 0.25) is 0 Å². The molecule has 0 radical (unpaired) electrons. The Morgan fingerprint density at radius 2 is 2.08 bits per heavy atom. The number of nitro benzene ring substituents is 1. The van der Waals surface area contributed by atoms with Crippen molar-refractivity contribution in [2.24, 2.45) is 0 Å². The minimum absolute atomic E-state index is 0.0381. The first-order valence-corrected chi connectivity index (χ1v) is 3.32. The summed E-state index contributed by atoms with van der Waals surface area (Å²) < 4.78 is 25.4. The van der Waals surface area contributed by atoms with E-state index in [4.69, 9.17) is 0 Å². The van der Waals surface area contributed by atoms with Gasteiger partial charge in [0, 0.05) is 0 Å². The van der Waals surface area contributed by atoms with Crippen molar-refractivity contribution in [3.05, 3.63) is 46.0 Å². The summed E-state index contributed by atoms with van der Waals surface area (Å²) >= 11 is 0. The lowest BCUT2D eigenvalue weighted by Gasteiger charge is -1.98. The topological polar surface area (TPSA) is 43.1 Å². The maximum atomic E-state index is 12.8. The molecule has 13 heavy (non-hydrogen) atoms. The number of nitro groups is 1. The van der Waals surface area contributed by atoms with Gasteiger partial charge in [0.2, 0.25) is 5.82 Å². The molecule has 0 spiro atoms. The highest BCUT2D eigenvalue weighted by Gasteiger charge is 2.21. The van der Waals surface area contributed by atoms with Crippen LogP contribution in [0.4, 0.5) is 14.5 Å². The molecule has 0 saturated heterocycles. The molecule has 0 aliphatic heterocycles. The number of hydrogen-bond donors (Lipinski definition) is 0. The minimum Gasteiger partial charge on any atom is -0.258 e. The molecular weight excluding hydrogens is 180 g/mol. The molecule has 68 valence electrons. The van der Waals surface area contributed by atoms with Crippen LogP contribution in [0.25, 0.3) is 6.08 Å². The zero-order valence-corrected chi connectivity index (χ0v) is 6.46. The van der Waals surface area contributed by atoms with Crippen molar-refractivity contribution in [1.29, 1.82) is 0 Å². The van der Waals surface area contributed by atoms with Crippen molar-refractivity contribution in [3.8, 4) is 0 Å². The lowest BCUT2D eigenvalue weighted by molar-refractivity contribution is -0.388. The number of hydrogen-bond acceptors (Lipinski definition) is 2. The fourth-order valence-corrected chi connectivity index (χ4v) is 0.905. The van der Waals surface area contributed by atoms with Crippen LogP contribution in [0.1, 0.15) is 5.56 Å². The average molecular weight is 185 g/mol. The summed E-state index contributed by atoms with van der Waals surface area (Å²) in [4.78, 5) is 9.33. The summed E-state index contributed by atoms with van der Waals surface area (Å²) in [6, 6.07) is 1.92. The molecule has 0 saturated carbocycles. The molecule has 0 N–H and O–H groups in total. The predicted molar refractivity (Wildman–Crippen MR) is 43.1 cm³/mol. The van der Waals surface area contributed by atoms with E-state index in [0.29, 0.717) is 0 Å². The minimum atomic E-state index is -1.46. The van der Waals surface area contributed by atoms with Gasteiger partial charge in [-0.3, -0.25) is 10.1 Å². The van der Waals surface area contributed by atoms with Gasteiger partial charge in [-0.15, -0.1) is 0 Å². The second-order valence-electron chi connectivity index (χ2n) is 2.26. The molecule has 0 aromatic heterocycles. The van der Waals surface area contributed by atoms with Gasteiger partial charge in [0.15, 0.2) is 5.82 Å². The molecule has 3 nitrogen and oxygen atoms in total. The largest absolute Gasteiger partial charge is 0.314 e. The number of benzene rings is 1. The normalized spacial score (nSPS) is 9.69. The van der Waals surface area contributed by atoms with Gasteiger partial charge in [0.05, 0.1) is 10.5 Å². The highest BCUT2D eigenvalue weighted by atomic mass is 19.2. The van der Waals surface area contributed by atoms with E-state index in [-0.39, 0.29) is 5.56 Å². The van der Waals surface area contributed by atoms with E-state index < -0.39 is 22.2 Å². The predicted octanol–water partition coefficient (Wildman–Crippen LogP) is 2.52. The van der Waals surface area contributed by atoms with Gasteiger partial charge in [-0.25, -0.2) is 4.39 Å². The monoisotopic (exact) mass is 185 g/mol. The van der Waals surface area contributed by atoms with Gasteiger partial charge in [0.1, 0.15) is 0 Å². The molecule has 0 aliphatic carbocycles. The molecule has 1 aromatic carbocycles. The Balaban J connectivity index is 3.50. The summed E-state index contributed by atoms with van der Waals surface area (Å²) in [6.07, 6.45) is 1.10. The Bertz CT molecular complexity index is 377. The first kappa shape index (κ1) is 9.31. The van der Waals surface area contributed by atoms with Crippen molar-refractivity contribution in [1.82, 2.24) is 0 Å². The Hall–Kier alpha value is -1.78. The zero-order valence-electron chi connectivity index (χ0n) is 6.46. The SMILES string of the molecule is C=Cc1ccc(F)c(F)c1[N+](=O)[O-]. The summed E-state index contributed by atoms with van der Waals surface area (Å²) in [5.74, 6) is -2.69. The maximum Gasteiger partial charge on any atom is 0.314 e. The number of halogens is 2. The van der Waals surface area contributed by atoms with Gasteiger partial charge >= 0.3 is 5.69 Å². The van der Waals surface area contributed by atoms with E-state index in [9.17, 15) is 18.9 Å². The van der Waals surface area contributed by atoms with E-state index >= 15 is 0 Å². The molecule has 0 bridgehead atoms. The van der Waals surface area contributed by atoms with E-state index in [2.05, 4.69) is 6.58 Å². The fraction of sp³-hybridized carbons (Fsp3) is 0. The molecular formula is C8H5F2NO2. The van der Waals surface area contributed by atoms with Crippen molar-refractivity contribution in [2.75, 3.05) is 0 Å². The molecule has 0 unspecified atom stereocenters. The van der Waals surface area contributed by atoms with Gasteiger partial charge in [-0.1, -0.05) is 12.7 Å². The Morgan fingerprint density at radius 3 is 2.54 bits per heavy atom. The van der Waals surface area contributed by atoms with E-state index in [1.165, 1.54) is 0 Å². The second-order valence-corrected chi connectivity index (χ2v) is 2.26. The molecule has 0 aliphatic rings. The lowest BCUT2D eigenvalue weighted by Crippen LogP contribution is -1.98. The Kier molecular flexibility index (Phi) is 2.36. The third-order valence-corrected chi connectivity index (χ3v) is 1.50. The second kappa shape index (κ2) is 3.30. The van der Waals surface area contributed by atoms with Crippen molar-refractivity contribution < 1.29 is 13.7 Å². The van der Waals surface area contributed by atoms with E-state index in [1.54, 1.807) is 0 Å². The molecule has 1 aromatic rings. The maximum absolute atomic E-state index is 12.8. The smallest absolute Gasteiger partial charge is 0.258 e. The fourth-order valence-electron chi connectivity index (χ4n) is 0.905. The van der Waals surface area contributed by atoms with Crippen molar-refractivity contribution in [2.45, 2.75) is 0 Å². The first-order valence-electron chi connectivity index (χ1n) is 3.32. The van der Waals surface area contributed by atoms with Gasteiger partial charge in [0.25, 0.3) is 0 Å². The van der Waals surface area contributed by atoms with E-state index in [1.807, 2.05) is 0 Å². The molecule has 0 amide bonds. The molecule has 1 rings (SSSR count). The summed E-state index contributed by atoms with van der Waals surface area (Å²) in [5.41, 5.74) is -0.918. The van der Waals surface area contributed by atoms with Gasteiger partial charge < -0.3 is 0 Å². The standard InChI is InChI=1S/C8H5F2NO2/c1-2-5-3-4-6(9)7(10)8(5)11(12)13/h2-4H,1H2. The summed E-state index contributed by atoms with van der Waals surface area (Å²) in [7, 11) is 0. The average Bonchev–Trinajstić information content (AvgIpc) is 2.08. The van der Waals surface area contributed by atoms with Crippen LogP contribution in [0.5, 0.6) is 0 Å². The van der Waals surface area contributed by atoms with Crippen LogP contribution >= 0.6 is 0 Å². The zero-order chi connectivity index (χ0) is 10.0. The molecule has 0 atom stereocenters. The summed E-state index contributed by atoms with van der Waals surface area (Å²) in [5, 5.41) is 10.3. The highest BCUT2D eigenvalue weighted by molar-refractivity contribution is 5.60. The lowest BCUT2D eigenvalue weighted by atomic mass is 10.1. The van der Waals surface area contributed by atoms with Crippen LogP contribution in [0.15, 0.2) is 18.7 Å². The third kappa shape index (κ3) is 1.53. The van der Waals surface area contributed by atoms with Gasteiger partial charge in [-0.05, 0) is 12.1 Å². The Labute approximate surface area is 72.5 Å². The first-order chi connectivity index (χ1) is 6.07. The quantitative estimate of drug-likeness (QED) is 0.524. The van der Waals surface area contributed by atoms with Crippen LogP contribution in [0.3, 0.4) is 0 Å². The molecule has 0 fully saturated rings. The third-order valence-electron chi connectivity index (χ3n) is 1.50. The molecule has 0 heterocycles. The van der Waals surface area contributed by atoms with Gasteiger partial charge in [-0.2, -0.15) is 4.39 Å². The number of nitrogens with zero attached hydrogens (tertiary/aromatic N) is 1. The van der Waals surface area contributed by atoms with Crippen LogP contribution in [0, 0.1) is 21.7 Å². The van der Waals surface area contributed by atoms with Crippen LogP contribution in [-0.4, -0.2) is 4.92 Å². The Morgan fingerprint density at radius 1 is 1.46 bits per heavy atom. The molecule has 5 heteroatoms. The highest BCUT2D eigenvalue weighted by Crippen LogP contribution is 2.25. The van der Waals surface area contributed by atoms with Crippen LogP contribution < -0.4 is 0 Å². The van der Waals surface area contributed by atoms with Crippen molar-refractivity contribution in [3.63, 3.8) is 0 Å². The van der Waals surface area contributed by atoms with Crippen LogP contribution in [-0.2, 0) is 0 Å². The summed E-state index contributed by atoms with van der Waals surface area (Å²) in [6.45, 7) is 3.25. The van der Waals surface area contributed by atoms with E-state index in [0.717, 1.165) is 18.2 Å². The van der Waals surface area contributed by atoms with Crippen molar-refractivity contribution >= 4 is 11.8 Å².